The molecular formula is C23H23BrN2O. The fraction of sp³-hybridized carbons (Fsp3) is 0.304. The number of fused-ring (bicyclic) bond motifs is 1. The number of hydrogen-bond acceptors (Lipinski definition) is 2. The zero-order valence-corrected chi connectivity index (χ0v) is 17.3. The van der Waals surface area contributed by atoms with E-state index in [9.17, 15) is 4.79 Å². The van der Waals surface area contributed by atoms with Crippen molar-refractivity contribution in [2.24, 2.45) is 5.92 Å². The summed E-state index contributed by atoms with van der Waals surface area (Å²) in [5.41, 5.74) is 4.68. The molecule has 0 saturated carbocycles. The normalized spacial score (nSPS) is 15.3. The summed E-state index contributed by atoms with van der Waals surface area (Å²) in [4.78, 5) is 20.2. The van der Waals surface area contributed by atoms with Gasteiger partial charge in [-0.05, 0) is 49.9 Å². The number of amides is 1. The van der Waals surface area contributed by atoms with Gasteiger partial charge in [0, 0.05) is 28.5 Å². The Hall–Kier alpha value is -2.20. The molecule has 1 amide bonds. The van der Waals surface area contributed by atoms with E-state index in [0.29, 0.717) is 5.92 Å². The van der Waals surface area contributed by atoms with Crippen LogP contribution in [0.2, 0.25) is 0 Å². The van der Waals surface area contributed by atoms with Crippen LogP contribution in [0.15, 0.2) is 53.0 Å². The molecule has 0 bridgehead atoms. The average molecular weight is 423 g/mol. The number of nitrogens with zero attached hydrogens (tertiary/aromatic N) is 2. The van der Waals surface area contributed by atoms with Crippen LogP contribution in [0.5, 0.6) is 0 Å². The largest absolute Gasteiger partial charge is 0.339 e. The van der Waals surface area contributed by atoms with Crippen LogP contribution in [0.4, 0.5) is 0 Å². The number of benzene rings is 2. The number of hydrogen-bond donors (Lipinski definition) is 0. The van der Waals surface area contributed by atoms with Gasteiger partial charge in [-0.15, -0.1) is 0 Å². The van der Waals surface area contributed by atoms with E-state index in [1.807, 2.05) is 29.2 Å². The van der Waals surface area contributed by atoms with Crippen molar-refractivity contribution in [3.8, 4) is 11.3 Å². The number of likely N-dealkylation sites (tertiary alicyclic amines) is 1. The minimum atomic E-state index is 0.112. The van der Waals surface area contributed by atoms with Crippen LogP contribution < -0.4 is 0 Å². The summed E-state index contributed by atoms with van der Waals surface area (Å²) in [6.45, 7) is 5.99. The van der Waals surface area contributed by atoms with E-state index in [-0.39, 0.29) is 5.91 Å². The van der Waals surface area contributed by atoms with Gasteiger partial charge in [-0.3, -0.25) is 4.79 Å². The van der Waals surface area contributed by atoms with Gasteiger partial charge in [0.1, 0.15) is 0 Å². The second-order valence-electron chi connectivity index (χ2n) is 7.56. The highest BCUT2D eigenvalue weighted by Gasteiger charge is 2.24. The van der Waals surface area contributed by atoms with Crippen molar-refractivity contribution in [1.82, 2.24) is 9.88 Å². The van der Waals surface area contributed by atoms with Crippen LogP contribution in [0.1, 0.15) is 35.7 Å². The van der Waals surface area contributed by atoms with Gasteiger partial charge in [0.25, 0.3) is 5.91 Å². The standard InChI is InChI=1S/C23H23BrN2O/c1-15-3-5-17(6-4-15)22-14-20(19-13-18(24)7-8-21(19)25-22)23(27)26-11-9-16(2)10-12-26/h3-8,13-14,16H,9-12H2,1-2H3. The fourth-order valence-electron chi connectivity index (χ4n) is 3.63. The molecule has 1 aromatic heterocycles. The lowest BCUT2D eigenvalue weighted by molar-refractivity contribution is 0.0699. The number of rotatable bonds is 2. The quantitative estimate of drug-likeness (QED) is 0.519. The number of pyridine rings is 1. The van der Waals surface area contributed by atoms with E-state index in [0.717, 1.165) is 58.1 Å². The summed E-state index contributed by atoms with van der Waals surface area (Å²) < 4.78 is 0.959. The van der Waals surface area contributed by atoms with E-state index in [4.69, 9.17) is 4.98 Å². The number of aromatic nitrogens is 1. The Balaban J connectivity index is 1.82. The highest BCUT2D eigenvalue weighted by atomic mass is 79.9. The third kappa shape index (κ3) is 3.77. The number of piperidine rings is 1. The van der Waals surface area contributed by atoms with Gasteiger partial charge < -0.3 is 4.90 Å². The molecule has 4 rings (SSSR count). The molecular weight excluding hydrogens is 400 g/mol. The number of aryl methyl sites for hydroxylation is 1. The Bertz CT molecular complexity index is 989. The van der Waals surface area contributed by atoms with Crippen LogP contribution in [-0.2, 0) is 0 Å². The highest BCUT2D eigenvalue weighted by molar-refractivity contribution is 9.10. The highest BCUT2D eigenvalue weighted by Crippen LogP contribution is 2.29. The van der Waals surface area contributed by atoms with Crippen molar-refractivity contribution >= 4 is 32.7 Å². The Morgan fingerprint density at radius 3 is 2.48 bits per heavy atom. The first-order valence-electron chi connectivity index (χ1n) is 9.48. The average Bonchev–Trinajstić information content (AvgIpc) is 2.68. The number of carbonyl (C=O) groups is 1. The molecule has 1 fully saturated rings. The van der Waals surface area contributed by atoms with Gasteiger partial charge in [0.05, 0.1) is 16.8 Å². The molecule has 138 valence electrons. The van der Waals surface area contributed by atoms with Gasteiger partial charge in [-0.2, -0.15) is 0 Å². The van der Waals surface area contributed by atoms with Crippen LogP contribution in [0, 0.1) is 12.8 Å². The topological polar surface area (TPSA) is 33.2 Å². The van der Waals surface area contributed by atoms with Crippen LogP contribution >= 0.6 is 15.9 Å². The monoisotopic (exact) mass is 422 g/mol. The predicted octanol–water partition coefficient (Wildman–Crippen LogP) is 5.84. The van der Waals surface area contributed by atoms with Crippen molar-refractivity contribution in [3.05, 3.63) is 64.1 Å². The molecule has 1 aliphatic heterocycles. The van der Waals surface area contributed by atoms with Crippen molar-refractivity contribution in [2.75, 3.05) is 13.1 Å². The third-order valence-corrected chi connectivity index (χ3v) is 5.91. The number of halogens is 1. The lowest BCUT2D eigenvalue weighted by Gasteiger charge is -2.30. The van der Waals surface area contributed by atoms with Crippen LogP contribution in [-0.4, -0.2) is 28.9 Å². The fourth-order valence-corrected chi connectivity index (χ4v) is 3.99. The predicted molar refractivity (Wildman–Crippen MR) is 114 cm³/mol. The van der Waals surface area contributed by atoms with Crippen molar-refractivity contribution < 1.29 is 4.79 Å². The summed E-state index contributed by atoms with van der Waals surface area (Å²) in [7, 11) is 0. The summed E-state index contributed by atoms with van der Waals surface area (Å²) in [6, 6.07) is 16.2. The zero-order valence-electron chi connectivity index (χ0n) is 15.7. The molecule has 0 unspecified atom stereocenters. The molecule has 1 saturated heterocycles. The second-order valence-corrected chi connectivity index (χ2v) is 8.47. The molecule has 0 N–H and O–H groups in total. The van der Waals surface area contributed by atoms with E-state index in [1.54, 1.807) is 0 Å². The van der Waals surface area contributed by atoms with Crippen LogP contribution in [0.3, 0.4) is 0 Å². The van der Waals surface area contributed by atoms with Gasteiger partial charge in [0.15, 0.2) is 0 Å². The lowest BCUT2D eigenvalue weighted by Crippen LogP contribution is -2.38. The lowest BCUT2D eigenvalue weighted by atomic mass is 9.97. The molecule has 2 aromatic carbocycles. The smallest absolute Gasteiger partial charge is 0.254 e. The molecule has 27 heavy (non-hydrogen) atoms. The Morgan fingerprint density at radius 1 is 1.07 bits per heavy atom. The minimum absolute atomic E-state index is 0.112. The van der Waals surface area contributed by atoms with Crippen molar-refractivity contribution in [1.29, 1.82) is 0 Å². The molecule has 3 nitrogen and oxygen atoms in total. The first-order chi connectivity index (χ1) is 13.0. The zero-order chi connectivity index (χ0) is 19.0. The molecule has 3 aromatic rings. The second kappa shape index (κ2) is 7.43. The SMILES string of the molecule is Cc1ccc(-c2cc(C(=O)N3CCC(C)CC3)c3cc(Br)ccc3n2)cc1. The number of carbonyl (C=O) groups excluding carboxylic acids is 1. The van der Waals surface area contributed by atoms with E-state index in [2.05, 4.69) is 54.0 Å². The summed E-state index contributed by atoms with van der Waals surface area (Å²) >= 11 is 3.54. The van der Waals surface area contributed by atoms with E-state index < -0.39 is 0 Å². The molecule has 4 heteroatoms. The van der Waals surface area contributed by atoms with Crippen LogP contribution in [0.25, 0.3) is 22.2 Å². The minimum Gasteiger partial charge on any atom is -0.339 e. The maximum absolute atomic E-state index is 13.4. The molecule has 1 aliphatic rings. The van der Waals surface area contributed by atoms with Gasteiger partial charge >= 0.3 is 0 Å². The molecule has 2 heterocycles. The summed E-state index contributed by atoms with van der Waals surface area (Å²) in [5, 5.41) is 0.906. The molecule has 0 spiro atoms. The maximum atomic E-state index is 13.4. The third-order valence-electron chi connectivity index (χ3n) is 5.42. The van der Waals surface area contributed by atoms with Gasteiger partial charge in [-0.1, -0.05) is 52.7 Å². The molecule has 0 atom stereocenters. The van der Waals surface area contributed by atoms with Crippen molar-refractivity contribution in [2.45, 2.75) is 26.7 Å². The first kappa shape index (κ1) is 18.2. The van der Waals surface area contributed by atoms with E-state index >= 15 is 0 Å². The van der Waals surface area contributed by atoms with E-state index in [1.165, 1.54) is 5.56 Å². The Labute approximate surface area is 168 Å². The summed E-state index contributed by atoms with van der Waals surface area (Å²) in [5.74, 6) is 0.807. The first-order valence-corrected chi connectivity index (χ1v) is 10.3. The molecule has 0 radical (unpaired) electrons. The Kier molecular flexibility index (Phi) is 5.00. The van der Waals surface area contributed by atoms with Gasteiger partial charge in [0.2, 0.25) is 0 Å². The maximum Gasteiger partial charge on any atom is 0.254 e. The summed E-state index contributed by atoms with van der Waals surface area (Å²) in [6.07, 6.45) is 2.15. The molecule has 0 aliphatic carbocycles. The van der Waals surface area contributed by atoms with Gasteiger partial charge in [-0.25, -0.2) is 4.98 Å². The Morgan fingerprint density at radius 2 is 1.78 bits per heavy atom. The van der Waals surface area contributed by atoms with Crippen molar-refractivity contribution in [3.63, 3.8) is 0 Å².